The molecule has 0 atom stereocenters. The van der Waals surface area contributed by atoms with Crippen molar-refractivity contribution in [2.75, 3.05) is 19.6 Å². The van der Waals surface area contributed by atoms with Gasteiger partial charge in [-0.1, -0.05) is 0 Å². The molecule has 0 aromatic heterocycles. The van der Waals surface area contributed by atoms with Gasteiger partial charge in [-0.15, -0.1) is 0 Å². The molecule has 5 rings (SSSR count). The molecule has 4 bridgehead atoms. The average molecular weight is 248 g/mol. The smallest absolute Gasteiger partial charge is 0.00167 e. The summed E-state index contributed by atoms with van der Waals surface area (Å²) in [4.78, 5) is 0. The van der Waals surface area contributed by atoms with Crippen LogP contribution in [0.5, 0.6) is 0 Å². The Balaban J connectivity index is 1.63. The third-order valence-electron chi connectivity index (χ3n) is 6.94. The van der Waals surface area contributed by atoms with Gasteiger partial charge in [0, 0.05) is 0 Å². The molecule has 0 radical (unpaired) electrons. The van der Waals surface area contributed by atoms with Gasteiger partial charge in [-0.3, -0.25) is 0 Å². The lowest BCUT2D eigenvalue weighted by Gasteiger charge is -2.61. The summed E-state index contributed by atoms with van der Waals surface area (Å²) in [5.41, 5.74) is 6.80. The number of nitrogens with one attached hydrogen (secondary N) is 1. The predicted octanol–water partition coefficient (Wildman–Crippen LogP) is 2.39. The second kappa shape index (κ2) is 4.21. The minimum atomic E-state index is 0.508. The van der Waals surface area contributed by atoms with Crippen LogP contribution in [0, 0.1) is 35.0 Å². The zero-order chi connectivity index (χ0) is 12.2. The summed E-state index contributed by atoms with van der Waals surface area (Å²) in [6, 6.07) is 0. The first kappa shape index (κ1) is 11.7. The van der Waals surface area contributed by atoms with E-state index in [4.69, 9.17) is 5.73 Å². The molecule has 1 aliphatic heterocycles. The minimum Gasteiger partial charge on any atom is -0.330 e. The van der Waals surface area contributed by atoms with Crippen LogP contribution in [0.25, 0.3) is 0 Å². The third kappa shape index (κ3) is 1.61. The number of rotatable bonds is 2. The minimum absolute atomic E-state index is 0.508. The van der Waals surface area contributed by atoms with Crippen LogP contribution in [0.15, 0.2) is 0 Å². The first-order valence-corrected chi connectivity index (χ1v) is 8.21. The molecule has 102 valence electrons. The third-order valence-corrected chi connectivity index (χ3v) is 6.94. The highest BCUT2D eigenvalue weighted by molar-refractivity contribution is 5.05. The molecule has 2 heteroatoms. The summed E-state index contributed by atoms with van der Waals surface area (Å²) < 4.78 is 0. The number of nitrogens with two attached hydrogens (primary N) is 1. The molecule has 4 saturated carbocycles. The van der Waals surface area contributed by atoms with E-state index in [1.165, 1.54) is 25.9 Å². The average Bonchev–Trinajstić information content (AvgIpc) is 2.38. The van der Waals surface area contributed by atoms with Crippen LogP contribution in [0.4, 0.5) is 0 Å². The van der Waals surface area contributed by atoms with Gasteiger partial charge < -0.3 is 11.1 Å². The standard InChI is InChI=1S/C16H28N2/c17-10-16(1-3-18-4-2-16)15-13-6-11-5-12(8-13)9-14(15)7-11/h11-15,18H,1-10,17H2. The summed E-state index contributed by atoms with van der Waals surface area (Å²) in [7, 11) is 0. The highest BCUT2D eigenvalue weighted by Gasteiger charge is 2.55. The fourth-order valence-corrected chi connectivity index (χ4v) is 6.52. The Bertz CT molecular complexity index is 291. The van der Waals surface area contributed by atoms with Gasteiger partial charge in [-0.25, -0.2) is 0 Å². The first-order chi connectivity index (χ1) is 8.81. The Morgan fingerprint density at radius 1 is 0.889 bits per heavy atom. The van der Waals surface area contributed by atoms with Crippen molar-refractivity contribution in [3.05, 3.63) is 0 Å². The Morgan fingerprint density at radius 2 is 1.44 bits per heavy atom. The Morgan fingerprint density at radius 3 is 1.94 bits per heavy atom. The SMILES string of the molecule is NCC1(C2C3CC4CC(C3)CC2C4)CCNCC1. The summed E-state index contributed by atoms with van der Waals surface area (Å²) in [6.45, 7) is 3.36. The molecule has 3 N–H and O–H groups in total. The lowest BCUT2D eigenvalue weighted by atomic mass is 9.45. The van der Waals surface area contributed by atoms with E-state index in [2.05, 4.69) is 5.32 Å². The topological polar surface area (TPSA) is 38.0 Å². The molecule has 0 aromatic carbocycles. The maximum absolute atomic E-state index is 6.29. The molecule has 4 aliphatic carbocycles. The summed E-state index contributed by atoms with van der Waals surface area (Å²) in [6.07, 6.45) is 10.4. The number of piperidine rings is 1. The second-order valence-corrected chi connectivity index (χ2v) is 7.77. The molecular weight excluding hydrogens is 220 g/mol. The zero-order valence-electron chi connectivity index (χ0n) is 11.5. The highest BCUT2D eigenvalue weighted by Crippen LogP contribution is 2.62. The van der Waals surface area contributed by atoms with E-state index in [0.29, 0.717) is 5.41 Å². The van der Waals surface area contributed by atoms with Gasteiger partial charge in [-0.05, 0) is 99.6 Å². The molecular formula is C16H28N2. The van der Waals surface area contributed by atoms with Crippen LogP contribution in [-0.4, -0.2) is 19.6 Å². The molecule has 0 unspecified atom stereocenters. The number of hydrogen-bond acceptors (Lipinski definition) is 2. The highest BCUT2D eigenvalue weighted by atomic mass is 14.9. The van der Waals surface area contributed by atoms with E-state index in [9.17, 15) is 0 Å². The van der Waals surface area contributed by atoms with E-state index in [-0.39, 0.29) is 0 Å². The molecule has 5 aliphatic rings. The lowest BCUT2D eigenvalue weighted by molar-refractivity contribution is -0.103. The van der Waals surface area contributed by atoms with Gasteiger partial charge >= 0.3 is 0 Å². The second-order valence-electron chi connectivity index (χ2n) is 7.77. The predicted molar refractivity (Wildman–Crippen MR) is 74.1 cm³/mol. The summed E-state index contributed by atoms with van der Waals surface area (Å²) >= 11 is 0. The molecule has 0 spiro atoms. The van der Waals surface area contributed by atoms with Crippen molar-refractivity contribution < 1.29 is 0 Å². The fourth-order valence-electron chi connectivity index (χ4n) is 6.52. The molecule has 0 amide bonds. The Labute approximate surface area is 111 Å². The van der Waals surface area contributed by atoms with Crippen LogP contribution in [0.1, 0.15) is 44.9 Å². The maximum atomic E-state index is 6.29. The van der Waals surface area contributed by atoms with Crippen LogP contribution in [-0.2, 0) is 0 Å². The Hall–Kier alpha value is -0.0800. The van der Waals surface area contributed by atoms with Gasteiger partial charge in [0.1, 0.15) is 0 Å². The van der Waals surface area contributed by atoms with Crippen molar-refractivity contribution in [2.45, 2.75) is 44.9 Å². The maximum Gasteiger partial charge on any atom is -0.00167 e. The zero-order valence-corrected chi connectivity index (χ0v) is 11.5. The fraction of sp³-hybridized carbons (Fsp3) is 1.00. The van der Waals surface area contributed by atoms with Gasteiger partial charge in [0.25, 0.3) is 0 Å². The van der Waals surface area contributed by atoms with Crippen molar-refractivity contribution in [3.63, 3.8) is 0 Å². The van der Waals surface area contributed by atoms with E-state index in [0.717, 1.165) is 36.1 Å². The van der Waals surface area contributed by atoms with Crippen molar-refractivity contribution in [1.82, 2.24) is 5.32 Å². The van der Waals surface area contributed by atoms with E-state index < -0.39 is 0 Å². The van der Waals surface area contributed by atoms with Crippen molar-refractivity contribution >= 4 is 0 Å². The van der Waals surface area contributed by atoms with Crippen LogP contribution >= 0.6 is 0 Å². The molecule has 5 fully saturated rings. The molecule has 1 saturated heterocycles. The van der Waals surface area contributed by atoms with Gasteiger partial charge in [-0.2, -0.15) is 0 Å². The molecule has 2 nitrogen and oxygen atoms in total. The van der Waals surface area contributed by atoms with Gasteiger partial charge in [0.15, 0.2) is 0 Å². The van der Waals surface area contributed by atoms with Crippen LogP contribution < -0.4 is 11.1 Å². The van der Waals surface area contributed by atoms with E-state index in [1.807, 2.05) is 0 Å². The van der Waals surface area contributed by atoms with Gasteiger partial charge in [0.2, 0.25) is 0 Å². The van der Waals surface area contributed by atoms with Crippen molar-refractivity contribution in [2.24, 2.45) is 40.7 Å². The quantitative estimate of drug-likeness (QED) is 0.787. The molecule has 0 aromatic rings. The summed E-state index contributed by atoms with van der Waals surface area (Å²) in [5.74, 6) is 5.27. The van der Waals surface area contributed by atoms with Crippen LogP contribution in [0.2, 0.25) is 0 Å². The van der Waals surface area contributed by atoms with Crippen molar-refractivity contribution in [3.8, 4) is 0 Å². The molecule has 18 heavy (non-hydrogen) atoms. The lowest BCUT2D eigenvalue weighted by Crippen LogP contribution is -2.56. The van der Waals surface area contributed by atoms with Crippen LogP contribution in [0.3, 0.4) is 0 Å². The molecule has 1 heterocycles. The van der Waals surface area contributed by atoms with E-state index in [1.54, 1.807) is 32.1 Å². The van der Waals surface area contributed by atoms with Gasteiger partial charge in [0.05, 0.1) is 0 Å². The van der Waals surface area contributed by atoms with E-state index >= 15 is 0 Å². The van der Waals surface area contributed by atoms with Crippen molar-refractivity contribution in [1.29, 1.82) is 0 Å². The largest absolute Gasteiger partial charge is 0.330 e. The first-order valence-electron chi connectivity index (χ1n) is 8.21. The normalized spacial score (nSPS) is 49.5. The monoisotopic (exact) mass is 248 g/mol. The Kier molecular flexibility index (Phi) is 2.74. The number of hydrogen-bond donors (Lipinski definition) is 2. The summed E-state index contributed by atoms with van der Waals surface area (Å²) in [5, 5.41) is 3.54.